The summed E-state index contributed by atoms with van der Waals surface area (Å²) in [5.41, 5.74) is 1.09. The van der Waals surface area contributed by atoms with E-state index in [-0.39, 0.29) is 6.04 Å². The maximum absolute atomic E-state index is 6.21. The van der Waals surface area contributed by atoms with Crippen LogP contribution in [0.15, 0.2) is 18.2 Å². The van der Waals surface area contributed by atoms with E-state index in [0.29, 0.717) is 16.0 Å². The van der Waals surface area contributed by atoms with E-state index in [0.717, 1.165) is 18.5 Å². The lowest BCUT2D eigenvalue weighted by Gasteiger charge is -2.20. The van der Waals surface area contributed by atoms with Crippen LogP contribution < -0.4 is 5.32 Å². The van der Waals surface area contributed by atoms with Crippen LogP contribution in [0.4, 0.5) is 0 Å². The quantitative estimate of drug-likeness (QED) is 0.809. The maximum Gasteiger partial charge on any atom is 0.0640 e. The summed E-state index contributed by atoms with van der Waals surface area (Å²) in [7, 11) is 0. The Morgan fingerprint density at radius 2 is 1.94 bits per heavy atom. The van der Waals surface area contributed by atoms with E-state index in [1.165, 1.54) is 0 Å². The molecule has 16 heavy (non-hydrogen) atoms. The van der Waals surface area contributed by atoms with Gasteiger partial charge in [0.25, 0.3) is 0 Å². The Morgan fingerprint density at radius 3 is 2.50 bits per heavy atom. The molecule has 90 valence electrons. The van der Waals surface area contributed by atoms with E-state index >= 15 is 0 Å². The van der Waals surface area contributed by atoms with Crippen LogP contribution in [0.25, 0.3) is 0 Å². The van der Waals surface area contributed by atoms with Crippen molar-refractivity contribution < 1.29 is 0 Å². The number of halogens is 2. The third kappa shape index (κ3) is 3.65. The highest BCUT2D eigenvalue weighted by Crippen LogP contribution is 2.31. The summed E-state index contributed by atoms with van der Waals surface area (Å²) in [5, 5.41) is 4.81. The molecule has 1 aromatic rings. The third-order valence-electron chi connectivity index (χ3n) is 2.54. The molecule has 0 aliphatic rings. The average molecular weight is 260 g/mol. The van der Waals surface area contributed by atoms with Crippen LogP contribution in [0.3, 0.4) is 0 Å². The lowest BCUT2D eigenvalue weighted by atomic mass is 10.0. The van der Waals surface area contributed by atoms with Gasteiger partial charge in [-0.15, -0.1) is 0 Å². The second-order valence-corrected chi connectivity index (χ2v) is 5.19. The summed E-state index contributed by atoms with van der Waals surface area (Å²) in [6, 6.07) is 6.09. The summed E-state index contributed by atoms with van der Waals surface area (Å²) < 4.78 is 0. The molecule has 1 atom stereocenters. The van der Waals surface area contributed by atoms with Crippen molar-refractivity contribution in [1.82, 2.24) is 5.32 Å². The van der Waals surface area contributed by atoms with Crippen LogP contribution >= 0.6 is 23.2 Å². The Hall–Kier alpha value is -0.240. The molecule has 0 aromatic heterocycles. The molecule has 1 unspecified atom stereocenters. The van der Waals surface area contributed by atoms with E-state index in [1.54, 1.807) is 0 Å². The lowest BCUT2D eigenvalue weighted by Crippen LogP contribution is -2.25. The van der Waals surface area contributed by atoms with Crippen molar-refractivity contribution in [1.29, 1.82) is 0 Å². The fraction of sp³-hybridized carbons (Fsp3) is 0.538. The average Bonchev–Trinajstić information content (AvgIpc) is 2.24. The minimum absolute atomic E-state index is 0.286. The van der Waals surface area contributed by atoms with Crippen LogP contribution in [0.2, 0.25) is 10.0 Å². The minimum atomic E-state index is 0.286. The van der Waals surface area contributed by atoms with E-state index in [1.807, 2.05) is 18.2 Å². The molecule has 0 saturated heterocycles. The molecule has 0 heterocycles. The zero-order valence-electron chi connectivity index (χ0n) is 10.1. The Bertz CT molecular complexity index is 337. The molecule has 0 amide bonds. The second kappa shape index (κ2) is 6.48. The zero-order chi connectivity index (χ0) is 12.1. The molecular weight excluding hydrogens is 241 g/mol. The fourth-order valence-electron chi connectivity index (χ4n) is 1.64. The van der Waals surface area contributed by atoms with Crippen LogP contribution in [0, 0.1) is 5.92 Å². The monoisotopic (exact) mass is 259 g/mol. The molecule has 0 bridgehead atoms. The zero-order valence-corrected chi connectivity index (χ0v) is 11.6. The third-order valence-corrected chi connectivity index (χ3v) is 3.37. The van der Waals surface area contributed by atoms with Crippen LogP contribution in [-0.4, -0.2) is 6.54 Å². The van der Waals surface area contributed by atoms with Gasteiger partial charge in [0.05, 0.1) is 10.0 Å². The topological polar surface area (TPSA) is 12.0 Å². The predicted molar refractivity (Wildman–Crippen MR) is 72.3 cm³/mol. The molecule has 0 aliphatic carbocycles. The van der Waals surface area contributed by atoms with E-state index in [9.17, 15) is 0 Å². The molecular formula is C13H19Cl2N. The number of hydrogen-bond donors (Lipinski definition) is 1. The highest BCUT2D eigenvalue weighted by molar-refractivity contribution is 6.42. The first-order chi connectivity index (χ1) is 7.56. The molecule has 0 radical (unpaired) electrons. The molecule has 1 nitrogen and oxygen atoms in total. The van der Waals surface area contributed by atoms with Gasteiger partial charge in [0, 0.05) is 6.04 Å². The Kier molecular flexibility index (Phi) is 5.60. The first-order valence-electron chi connectivity index (χ1n) is 5.73. The SMILES string of the molecule is CCC(NCC(C)C)c1cccc(Cl)c1Cl. The first-order valence-corrected chi connectivity index (χ1v) is 6.49. The normalized spacial score (nSPS) is 13.1. The van der Waals surface area contributed by atoms with Gasteiger partial charge < -0.3 is 5.32 Å². The molecule has 0 fully saturated rings. The van der Waals surface area contributed by atoms with Crippen LogP contribution in [-0.2, 0) is 0 Å². The van der Waals surface area contributed by atoms with Crippen molar-refractivity contribution in [2.24, 2.45) is 5.92 Å². The minimum Gasteiger partial charge on any atom is -0.310 e. The molecule has 3 heteroatoms. The van der Waals surface area contributed by atoms with E-state index in [4.69, 9.17) is 23.2 Å². The van der Waals surface area contributed by atoms with Gasteiger partial charge in [-0.3, -0.25) is 0 Å². The maximum atomic E-state index is 6.21. The summed E-state index contributed by atoms with van der Waals surface area (Å²) in [4.78, 5) is 0. The summed E-state index contributed by atoms with van der Waals surface area (Å²) >= 11 is 12.2. The summed E-state index contributed by atoms with van der Waals surface area (Å²) in [5.74, 6) is 0.631. The molecule has 1 rings (SSSR count). The smallest absolute Gasteiger partial charge is 0.0640 e. The standard InChI is InChI=1S/C13H19Cl2N/c1-4-12(16-8-9(2)3)10-6-5-7-11(14)13(10)15/h5-7,9,12,16H,4,8H2,1-3H3. The molecule has 0 spiro atoms. The highest BCUT2D eigenvalue weighted by atomic mass is 35.5. The van der Waals surface area contributed by atoms with Crippen molar-refractivity contribution in [3.05, 3.63) is 33.8 Å². The van der Waals surface area contributed by atoms with Crippen LogP contribution in [0.5, 0.6) is 0 Å². The van der Waals surface area contributed by atoms with Gasteiger partial charge in [-0.2, -0.15) is 0 Å². The first kappa shape index (κ1) is 13.8. The Labute approximate surface area is 108 Å². The number of benzene rings is 1. The van der Waals surface area contributed by atoms with Crippen molar-refractivity contribution in [3.63, 3.8) is 0 Å². The van der Waals surface area contributed by atoms with Gasteiger partial charge in [-0.1, -0.05) is 56.1 Å². The lowest BCUT2D eigenvalue weighted by molar-refractivity contribution is 0.465. The van der Waals surface area contributed by atoms with Gasteiger partial charge in [-0.05, 0) is 30.5 Å². The van der Waals surface area contributed by atoms with Gasteiger partial charge in [0.15, 0.2) is 0 Å². The Balaban J connectivity index is 2.82. The van der Waals surface area contributed by atoms with E-state index in [2.05, 4.69) is 26.1 Å². The Morgan fingerprint density at radius 1 is 1.25 bits per heavy atom. The van der Waals surface area contributed by atoms with Crippen molar-refractivity contribution >= 4 is 23.2 Å². The van der Waals surface area contributed by atoms with Crippen molar-refractivity contribution in [2.45, 2.75) is 33.2 Å². The number of nitrogens with one attached hydrogen (secondary N) is 1. The van der Waals surface area contributed by atoms with Gasteiger partial charge >= 0.3 is 0 Å². The predicted octanol–water partition coefficient (Wildman–Crippen LogP) is 4.69. The molecule has 1 N–H and O–H groups in total. The number of rotatable bonds is 5. The molecule has 0 saturated carbocycles. The van der Waals surface area contributed by atoms with Crippen molar-refractivity contribution in [3.8, 4) is 0 Å². The summed E-state index contributed by atoms with van der Waals surface area (Å²) in [6.07, 6.45) is 1.01. The highest BCUT2D eigenvalue weighted by Gasteiger charge is 2.14. The largest absolute Gasteiger partial charge is 0.310 e. The second-order valence-electron chi connectivity index (χ2n) is 4.41. The number of hydrogen-bond acceptors (Lipinski definition) is 1. The van der Waals surface area contributed by atoms with Crippen LogP contribution in [0.1, 0.15) is 38.8 Å². The molecule has 1 aromatic carbocycles. The van der Waals surface area contributed by atoms with E-state index < -0.39 is 0 Å². The fourth-order valence-corrected chi connectivity index (χ4v) is 2.08. The summed E-state index contributed by atoms with van der Waals surface area (Å²) in [6.45, 7) is 7.52. The van der Waals surface area contributed by atoms with Crippen molar-refractivity contribution in [2.75, 3.05) is 6.54 Å². The van der Waals surface area contributed by atoms with Gasteiger partial charge in [0.2, 0.25) is 0 Å². The van der Waals surface area contributed by atoms with Gasteiger partial charge in [0.1, 0.15) is 0 Å². The van der Waals surface area contributed by atoms with Gasteiger partial charge in [-0.25, -0.2) is 0 Å². The molecule has 0 aliphatic heterocycles.